The summed E-state index contributed by atoms with van der Waals surface area (Å²) >= 11 is 1.75. The molecular weight excluding hydrogens is 242 g/mol. The molecule has 1 aromatic heterocycles. The van der Waals surface area contributed by atoms with E-state index in [-0.39, 0.29) is 12.4 Å². The topological polar surface area (TPSA) is 28.2 Å². The van der Waals surface area contributed by atoms with Crippen molar-refractivity contribution in [1.29, 1.82) is 0 Å². The summed E-state index contributed by atoms with van der Waals surface area (Å²) in [6, 6.07) is 0.721. The number of thiazole rings is 1. The van der Waals surface area contributed by atoms with Gasteiger partial charge in [-0.2, -0.15) is 0 Å². The molecule has 16 heavy (non-hydrogen) atoms. The molecule has 0 unspecified atom stereocenters. The van der Waals surface area contributed by atoms with Gasteiger partial charge in [-0.15, -0.1) is 23.7 Å². The van der Waals surface area contributed by atoms with Crippen LogP contribution < -0.4 is 5.32 Å². The molecule has 92 valence electrons. The molecule has 1 aliphatic rings. The van der Waals surface area contributed by atoms with Gasteiger partial charge in [0.05, 0.1) is 10.7 Å². The van der Waals surface area contributed by atoms with Gasteiger partial charge in [-0.3, -0.25) is 4.90 Å². The van der Waals surface area contributed by atoms with Gasteiger partial charge in [0.25, 0.3) is 0 Å². The Morgan fingerprint density at radius 1 is 1.50 bits per heavy atom. The fraction of sp³-hybridized carbons (Fsp3) is 0.727. The third-order valence-electron chi connectivity index (χ3n) is 3.05. The van der Waals surface area contributed by atoms with Gasteiger partial charge in [-0.25, -0.2) is 4.98 Å². The van der Waals surface area contributed by atoms with Crippen LogP contribution in [0, 0.1) is 6.92 Å². The van der Waals surface area contributed by atoms with E-state index in [0.717, 1.165) is 12.6 Å². The first kappa shape index (κ1) is 13.9. The monoisotopic (exact) mass is 261 g/mol. The highest BCUT2D eigenvalue weighted by atomic mass is 35.5. The van der Waals surface area contributed by atoms with Crippen molar-refractivity contribution in [1.82, 2.24) is 15.2 Å². The summed E-state index contributed by atoms with van der Waals surface area (Å²) in [6.45, 7) is 5.49. The summed E-state index contributed by atoms with van der Waals surface area (Å²) in [4.78, 5) is 7.01. The molecule has 2 heterocycles. The van der Waals surface area contributed by atoms with E-state index in [1.54, 1.807) is 11.3 Å². The first-order valence-electron chi connectivity index (χ1n) is 5.58. The van der Waals surface area contributed by atoms with Crippen LogP contribution in [-0.4, -0.2) is 36.1 Å². The average molecular weight is 262 g/mol. The Hall–Kier alpha value is -0.160. The molecule has 0 aromatic carbocycles. The van der Waals surface area contributed by atoms with Crippen LogP contribution in [0.25, 0.3) is 0 Å². The molecular formula is C11H20ClN3S. The zero-order chi connectivity index (χ0) is 10.7. The molecule has 1 N–H and O–H groups in total. The highest BCUT2D eigenvalue weighted by molar-refractivity contribution is 7.09. The van der Waals surface area contributed by atoms with E-state index in [1.165, 1.54) is 36.6 Å². The number of hydrogen-bond acceptors (Lipinski definition) is 4. The maximum atomic E-state index is 4.51. The SMILES string of the molecule is CNC1CCN(Cc2csc(C)n2)CC1.Cl. The number of halogens is 1. The molecule has 0 spiro atoms. The predicted octanol–water partition coefficient (Wildman–Crippen LogP) is 2.06. The number of likely N-dealkylation sites (tertiary alicyclic amines) is 1. The highest BCUT2D eigenvalue weighted by Gasteiger charge is 2.18. The van der Waals surface area contributed by atoms with Crippen molar-refractivity contribution in [2.24, 2.45) is 0 Å². The second kappa shape index (κ2) is 6.55. The number of nitrogens with one attached hydrogen (secondary N) is 1. The molecule has 0 saturated carbocycles. The van der Waals surface area contributed by atoms with E-state index >= 15 is 0 Å². The Balaban J connectivity index is 0.00000128. The van der Waals surface area contributed by atoms with Crippen LogP contribution in [0.15, 0.2) is 5.38 Å². The van der Waals surface area contributed by atoms with Crippen molar-refractivity contribution in [2.45, 2.75) is 32.4 Å². The van der Waals surface area contributed by atoms with E-state index in [9.17, 15) is 0 Å². The Morgan fingerprint density at radius 3 is 2.69 bits per heavy atom. The minimum absolute atomic E-state index is 0. The minimum Gasteiger partial charge on any atom is -0.317 e. The Labute approximate surface area is 108 Å². The molecule has 0 aliphatic carbocycles. The number of nitrogens with zero attached hydrogens (tertiary/aromatic N) is 2. The van der Waals surface area contributed by atoms with Gasteiger partial charge in [-0.05, 0) is 26.8 Å². The summed E-state index contributed by atoms with van der Waals surface area (Å²) in [5.41, 5.74) is 1.24. The molecule has 5 heteroatoms. The lowest BCUT2D eigenvalue weighted by Crippen LogP contribution is -2.40. The number of aryl methyl sites for hydroxylation is 1. The summed E-state index contributed by atoms with van der Waals surface area (Å²) in [7, 11) is 2.06. The van der Waals surface area contributed by atoms with Gasteiger partial charge in [0, 0.05) is 31.1 Å². The summed E-state index contributed by atoms with van der Waals surface area (Å²) in [5, 5.41) is 6.71. The van der Waals surface area contributed by atoms with Crippen LogP contribution in [0.4, 0.5) is 0 Å². The summed E-state index contributed by atoms with van der Waals surface area (Å²) < 4.78 is 0. The van der Waals surface area contributed by atoms with Crippen LogP contribution in [-0.2, 0) is 6.54 Å². The van der Waals surface area contributed by atoms with Crippen LogP contribution >= 0.6 is 23.7 Å². The Kier molecular flexibility index (Phi) is 5.69. The van der Waals surface area contributed by atoms with Gasteiger partial charge in [0.15, 0.2) is 0 Å². The van der Waals surface area contributed by atoms with E-state index in [2.05, 4.69) is 34.6 Å². The smallest absolute Gasteiger partial charge is 0.0897 e. The third kappa shape index (κ3) is 3.70. The first-order valence-corrected chi connectivity index (χ1v) is 6.46. The average Bonchev–Trinajstić information content (AvgIpc) is 2.65. The molecule has 1 aliphatic heterocycles. The third-order valence-corrected chi connectivity index (χ3v) is 3.87. The lowest BCUT2D eigenvalue weighted by molar-refractivity contribution is 0.193. The Morgan fingerprint density at radius 2 is 2.19 bits per heavy atom. The summed E-state index contributed by atoms with van der Waals surface area (Å²) in [6.07, 6.45) is 2.53. The van der Waals surface area contributed by atoms with Gasteiger partial charge in [-0.1, -0.05) is 0 Å². The van der Waals surface area contributed by atoms with Crippen molar-refractivity contribution in [2.75, 3.05) is 20.1 Å². The minimum atomic E-state index is 0. The zero-order valence-electron chi connectivity index (χ0n) is 9.90. The standard InChI is InChI=1S/C11H19N3S.ClH/c1-9-13-11(8-15-9)7-14-5-3-10(12-2)4-6-14;/h8,10,12H,3-7H2,1-2H3;1H. The molecule has 0 amide bonds. The molecule has 1 aromatic rings. The van der Waals surface area contributed by atoms with Crippen LogP contribution in [0.1, 0.15) is 23.5 Å². The van der Waals surface area contributed by atoms with Crippen LogP contribution in [0.2, 0.25) is 0 Å². The number of rotatable bonds is 3. The lowest BCUT2D eigenvalue weighted by atomic mass is 10.1. The lowest BCUT2D eigenvalue weighted by Gasteiger charge is -2.31. The molecule has 1 fully saturated rings. The summed E-state index contributed by atoms with van der Waals surface area (Å²) in [5.74, 6) is 0. The maximum absolute atomic E-state index is 4.51. The molecule has 3 nitrogen and oxygen atoms in total. The number of piperidine rings is 1. The second-order valence-corrected chi connectivity index (χ2v) is 5.26. The fourth-order valence-electron chi connectivity index (χ4n) is 2.09. The normalized spacial score (nSPS) is 18.4. The van der Waals surface area contributed by atoms with E-state index in [4.69, 9.17) is 0 Å². The van der Waals surface area contributed by atoms with Crippen molar-refractivity contribution < 1.29 is 0 Å². The fourth-order valence-corrected chi connectivity index (χ4v) is 2.69. The van der Waals surface area contributed by atoms with Gasteiger partial charge in [0.1, 0.15) is 0 Å². The van der Waals surface area contributed by atoms with Crippen molar-refractivity contribution in [3.8, 4) is 0 Å². The first-order chi connectivity index (χ1) is 7.28. The van der Waals surface area contributed by atoms with E-state index in [1.807, 2.05) is 0 Å². The predicted molar refractivity (Wildman–Crippen MR) is 71.5 cm³/mol. The highest BCUT2D eigenvalue weighted by Crippen LogP contribution is 2.15. The van der Waals surface area contributed by atoms with Gasteiger partial charge >= 0.3 is 0 Å². The van der Waals surface area contributed by atoms with Crippen LogP contribution in [0.3, 0.4) is 0 Å². The van der Waals surface area contributed by atoms with E-state index < -0.39 is 0 Å². The van der Waals surface area contributed by atoms with Crippen molar-refractivity contribution in [3.05, 3.63) is 16.1 Å². The molecule has 0 radical (unpaired) electrons. The molecule has 0 atom stereocenters. The maximum Gasteiger partial charge on any atom is 0.0897 e. The largest absolute Gasteiger partial charge is 0.317 e. The van der Waals surface area contributed by atoms with E-state index in [0.29, 0.717) is 0 Å². The Bertz CT molecular complexity index is 308. The number of hydrogen-bond donors (Lipinski definition) is 1. The van der Waals surface area contributed by atoms with Crippen molar-refractivity contribution >= 4 is 23.7 Å². The van der Waals surface area contributed by atoms with Crippen molar-refractivity contribution in [3.63, 3.8) is 0 Å². The zero-order valence-corrected chi connectivity index (χ0v) is 11.5. The second-order valence-electron chi connectivity index (χ2n) is 4.20. The quantitative estimate of drug-likeness (QED) is 0.903. The van der Waals surface area contributed by atoms with Gasteiger partial charge in [0.2, 0.25) is 0 Å². The molecule has 2 rings (SSSR count). The molecule has 1 saturated heterocycles. The number of aromatic nitrogens is 1. The van der Waals surface area contributed by atoms with Gasteiger partial charge < -0.3 is 5.32 Å². The molecule has 0 bridgehead atoms. The van der Waals surface area contributed by atoms with Crippen LogP contribution in [0.5, 0.6) is 0 Å².